The first kappa shape index (κ1) is 18.1. The molecule has 0 heterocycles. The maximum Gasteiger partial charge on any atom is 0.261 e. The van der Waals surface area contributed by atoms with Gasteiger partial charge in [-0.2, -0.15) is 5.26 Å². The number of nitrogens with zero attached hydrogens (tertiary/aromatic N) is 1. The van der Waals surface area contributed by atoms with Gasteiger partial charge in [0.15, 0.2) is 0 Å². The number of methoxy groups -OCH3 is 2. The molecule has 5 nitrogen and oxygen atoms in total. The zero-order valence-electron chi connectivity index (χ0n) is 14.3. The molecule has 2 rings (SSSR count). The average Bonchev–Trinajstić information content (AvgIpc) is 2.66. The van der Waals surface area contributed by atoms with Crippen molar-refractivity contribution in [3.63, 3.8) is 0 Å². The number of rotatable bonds is 7. The van der Waals surface area contributed by atoms with Crippen LogP contribution in [0.5, 0.6) is 11.5 Å². The Hall–Kier alpha value is -3.26. The van der Waals surface area contributed by atoms with E-state index < -0.39 is 5.91 Å². The summed E-state index contributed by atoms with van der Waals surface area (Å²) < 4.78 is 10.4. The summed E-state index contributed by atoms with van der Waals surface area (Å²) in [6, 6.07) is 17.0. The molecule has 1 amide bonds. The Morgan fingerprint density at radius 1 is 1.16 bits per heavy atom. The molecule has 0 aliphatic heterocycles. The number of hydrogen-bond acceptors (Lipinski definition) is 4. The molecule has 128 valence electrons. The van der Waals surface area contributed by atoms with Gasteiger partial charge >= 0.3 is 0 Å². The Labute approximate surface area is 147 Å². The van der Waals surface area contributed by atoms with E-state index in [4.69, 9.17) is 9.47 Å². The van der Waals surface area contributed by atoms with E-state index in [0.29, 0.717) is 30.0 Å². The lowest BCUT2D eigenvalue weighted by Crippen LogP contribution is -2.26. The lowest BCUT2D eigenvalue weighted by Gasteiger charge is -2.08. The highest BCUT2D eigenvalue weighted by molar-refractivity contribution is 6.02. The zero-order chi connectivity index (χ0) is 18.1. The van der Waals surface area contributed by atoms with Gasteiger partial charge in [-0.3, -0.25) is 4.79 Å². The number of carbonyl (C=O) groups excluding carboxylic acids is 1. The minimum absolute atomic E-state index is 0.0246. The van der Waals surface area contributed by atoms with Gasteiger partial charge in [-0.15, -0.1) is 0 Å². The van der Waals surface area contributed by atoms with Crippen molar-refractivity contribution in [1.82, 2.24) is 5.32 Å². The number of nitriles is 1. The summed E-state index contributed by atoms with van der Waals surface area (Å²) in [6.45, 7) is 0.460. The van der Waals surface area contributed by atoms with Crippen LogP contribution in [0, 0.1) is 11.3 Å². The molecule has 1 N–H and O–H groups in total. The smallest absolute Gasteiger partial charge is 0.261 e. The van der Waals surface area contributed by atoms with Crippen molar-refractivity contribution in [1.29, 1.82) is 5.26 Å². The van der Waals surface area contributed by atoms with Gasteiger partial charge in [0.1, 0.15) is 23.1 Å². The van der Waals surface area contributed by atoms with Crippen LogP contribution in [0.4, 0.5) is 0 Å². The normalized spacial score (nSPS) is 10.7. The quantitative estimate of drug-likeness (QED) is 0.623. The third-order valence-electron chi connectivity index (χ3n) is 3.65. The van der Waals surface area contributed by atoms with Gasteiger partial charge in [-0.25, -0.2) is 0 Å². The summed E-state index contributed by atoms with van der Waals surface area (Å²) in [5.41, 5.74) is 1.79. The van der Waals surface area contributed by atoms with Crippen molar-refractivity contribution in [2.45, 2.75) is 6.42 Å². The van der Waals surface area contributed by atoms with E-state index in [1.807, 2.05) is 36.4 Å². The molecule has 0 unspecified atom stereocenters. The van der Waals surface area contributed by atoms with Crippen LogP contribution in [-0.2, 0) is 11.2 Å². The SMILES string of the molecule is COc1ccc(/C=C(\C#N)C(=O)NCCc2ccccc2)c(OC)c1. The molecule has 25 heavy (non-hydrogen) atoms. The van der Waals surface area contributed by atoms with Crippen LogP contribution in [0.1, 0.15) is 11.1 Å². The molecule has 0 radical (unpaired) electrons. The van der Waals surface area contributed by atoms with E-state index >= 15 is 0 Å². The minimum Gasteiger partial charge on any atom is -0.497 e. The summed E-state index contributed by atoms with van der Waals surface area (Å²) in [4.78, 5) is 12.2. The van der Waals surface area contributed by atoms with Gasteiger partial charge in [-0.05, 0) is 30.2 Å². The van der Waals surface area contributed by atoms with E-state index in [1.165, 1.54) is 13.2 Å². The number of amides is 1. The van der Waals surface area contributed by atoms with Crippen molar-refractivity contribution in [2.75, 3.05) is 20.8 Å². The number of ether oxygens (including phenoxy) is 2. The second-order valence-corrected chi connectivity index (χ2v) is 5.27. The van der Waals surface area contributed by atoms with Crippen LogP contribution in [0.15, 0.2) is 54.1 Å². The molecule has 0 spiro atoms. The lowest BCUT2D eigenvalue weighted by atomic mass is 10.1. The van der Waals surface area contributed by atoms with E-state index in [0.717, 1.165) is 5.56 Å². The van der Waals surface area contributed by atoms with Gasteiger partial charge in [-0.1, -0.05) is 30.3 Å². The highest BCUT2D eigenvalue weighted by atomic mass is 16.5. The first-order chi connectivity index (χ1) is 12.2. The van der Waals surface area contributed by atoms with Crippen molar-refractivity contribution in [2.24, 2.45) is 0 Å². The Kier molecular flexibility index (Phi) is 6.61. The van der Waals surface area contributed by atoms with Crippen LogP contribution in [0.2, 0.25) is 0 Å². The number of carbonyl (C=O) groups is 1. The molecule has 2 aromatic rings. The summed E-state index contributed by atoms with van der Waals surface area (Å²) in [5.74, 6) is 0.764. The van der Waals surface area contributed by atoms with Crippen LogP contribution < -0.4 is 14.8 Å². The fraction of sp³-hybridized carbons (Fsp3) is 0.200. The molecule has 0 fully saturated rings. The maximum atomic E-state index is 12.2. The molecule has 0 aliphatic rings. The van der Waals surface area contributed by atoms with E-state index in [9.17, 15) is 10.1 Å². The Balaban J connectivity index is 2.06. The van der Waals surface area contributed by atoms with Crippen LogP contribution >= 0.6 is 0 Å². The van der Waals surface area contributed by atoms with Crippen molar-refractivity contribution >= 4 is 12.0 Å². The molecule has 5 heteroatoms. The second kappa shape index (κ2) is 9.14. The summed E-state index contributed by atoms with van der Waals surface area (Å²) in [5, 5.41) is 12.1. The first-order valence-corrected chi connectivity index (χ1v) is 7.84. The van der Waals surface area contributed by atoms with Gasteiger partial charge in [0, 0.05) is 18.2 Å². The standard InChI is InChI=1S/C20H20N2O3/c1-24-18-9-8-16(19(13-18)25-2)12-17(14-21)20(23)22-11-10-15-6-4-3-5-7-15/h3-9,12-13H,10-11H2,1-2H3,(H,22,23)/b17-12+. The van der Waals surface area contributed by atoms with Crippen LogP contribution in [-0.4, -0.2) is 26.7 Å². The molecular weight excluding hydrogens is 316 g/mol. The third-order valence-corrected chi connectivity index (χ3v) is 3.65. The molecule has 0 aliphatic carbocycles. The van der Waals surface area contributed by atoms with Crippen molar-refractivity contribution in [3.8, 4) is 17.6 Å². The minimum atomic E-state index is -0.406. The second-order valence-electron chi connectivity index (χ2n) is 5.27. The fourth-order valence-electron chi connectivity index (χ4n) is 2.30. The Morgan fingerprint density at radius 2 is 1.92 bits per heavy atom. The van der Waals surface area contributed by atoms with E-state index in [-0.39, 0.29) is 5.57 Å². The molecule has 0 atom stereocenters. The van der Waals surface area contributed by atoms with Crippen LogP contribution in [0.25, 0.3) is 6.08 Å². The Bertz CT molecular complexity index is 792. The molecule has 0 saturated heterocycles. The van der Waals surface area contributed by atoms with Gasteiger partial charge in [0.25, 0.3) is 5.91 Å². The number of benzene rings is 2. The molecule has 2 aromatic carbocycles. The first-order valence-electron chi connectivity index (χ1n) is 7.84. The predicted octanol–water partition coefficient (Wildman–Crippen LogP) is 2.97. The molecular formula is C20H20N2O3. The van der Waals surface area contributed by atoms with Gasteiger partial charge in [0.05, 0.1) is 14.2 Å². The largest absolute Gasteiger partial charge is 0.497 e. The summed E-state index contributed by atoms with van der Waals surface area (Å²) in [6.07, 6.45) is 2.22. The highest BCUT2D eigenvalue weighted by Gasteiger charge is 2.11. The average molecular weight is 336 g/mol. The summed E-state index contributed by atoms with van der Waals surface area (Å²) in [7, 11) is 3.09. The lowest BCUT2D eigenvalue weighted by molar-refractivity contribution is -0.117. The molecule has 0 bridgehead atoms. The fourth-order valence-corrected chi connectivity index (χ4v) is 2.30. The van der Waals surface area contributed by atoms with Gasteiger partial charge < -0.3 is 14.8 Å². The molecule has 0 aromatic heterocycles. The van der Waals surface area contributed by atoms with Gasteiger partial charge in [0.2, 0.25) is 0 Å². The monoisotopic (exact) mass is 336 g/mol. The van der Waals surface area contributed by atoms with Crippen molar-refractivity contribution < 1.29 is 14.3 Å². The highest BCUT2D eigenvalue weighted by Crippen LogP contribution is 2.26. The maximum absolute atomic E-state index is 12.2. The predicted molar refractivity (Wildman–Crippen MR) is 96.3 cm³/mol. The third kappa shape index (κ3) is 5.11. The summed E-state index contributed by atoms with van der Waals surface area (Å²) >= 11 is 0. The number of hydrogen-bond donors (Lipinski definition) is 1. The van der Waals surface area contributed by atoms with Crippen LogP contribution in [0.3, 0.4) is 0 Å². The Morgan fingerprint density at radius 3 is 2.56 bits per heavy atom. The topological polar surface area (TPSA) is 71.3 Å². The zero-order valence-corrected chi connectivity index (χ0v) is 14.3. The van der Waals surface area contributed by atoms with E-state index in [1.54, 1.807) is 25.3 Å². The molecule has 0 saturated carbocycles. The number of nitrogens with one attached hydrogen (secondary N) is 1. The van der Waals surface area contributed by atoms with Crippen molar-refractivity contribution in [3.05, 3.63) is 65.2 Å². The van der Waals surface area contributed by atoms with E-state index in [2.05, 4.69) is 5.32 Å².